The smallest absolute Gasteiger partial charge is 0.156 e. The third kappa shape index (κ3) is 4.12. The van der Waals surface area contributed by atoms with E-state index in [-0.39, 0.29) is 0 Å². The van der Waals surface area contributed by atoms with Crippen LogP contribution in [-0.4, -0.2) is 49.0 Å². The number of hydrogen-bond donors (Lipinski definition) is 1. The second kappa shape index (κ2) is 6.98. The second-order valence-electron chi connectivity index (χ2n) is 6.24. The van der Waals surface area contributed by atoms with Crippen LogP contribution in [0.5, 0.6) is 0 Å². The molecule has 0 spiro atoms. The molecule has 2 aliphatic rings. The van der Waals surface area contributed by atoms with Crippen LogP contribution in [0.1, 0.15) is 39.5 Å². The lowest BCUT2D eigenvalue weighted by Gasteiger charge is -2.34. The molecular weight excluding hydrogens is 254 g/mol. The minimum atomic E-state index is 0.462. The number of piperidine rings is 1. The maximum absolute atomic E-state index is 4.78. The van der Waals surface area contributed by atoms with Gasteiger partial charge in [-0.25, -0.2) is 0 Å². The number of nitrogens with zero attached hydrogens (tertiary/aromatic N) is 2. The summed E-state index contributed by atoms with van der Waals surface area (Å²) in [6.45, 7) is 9.24. The Balaban J connectivity index is 1.74. The lowest BCUT2D eigenvalue weighted by atomic mass is 9.84. The van der Waals surface area contributed by atoms with Crippen molar-refractivity contribution in [3.8, 4) is 0 Å². The number of nitrogens with one attached hydrogen (secondary N) is 1. The predicted molar refractivity (Wildman–Crippen MR) is 86.0 cm³/mol. The normalized spacial score (nSPS) is 25.1. The van der Waals surface area contributed by atoms with Gasteiger partial charge in [-0.15, -0.1) is 0 Å². The SMILES string of the molecule is CCC1(CC)CN=C(NCC2CCN(C)CC2)SC1. The summed E-state index contributed by atoms with van der Waals surface area (Å²) in [7, 11) is 2.22. The molecular formula is C15H29N3S. The van der Waals surface area contributed by atoms with Gasteiger partial charge in [-0.2, -0.15) is 0 Å². The Bertz CT molecular complexity index is 305. The minimum absolute atomic E-state index is 0.462. The molecule has 3 nitrogen and oxygen atoms in total. The van der Waals surface area contributed by atoms with Gasteiger partial charge in [0.15, 0.2) is 5.17 Å². The van der Waals surface area contributed by atoms with Crippen LogP contribution in [0.2, 0.25) is 0 Å². The average Bonchev–Trinajstić information content (AvgIpc) is 2.47. The summed E-state index contributed by atoms with van der Waals surface area (Å²) < 4.78 is 0. The van der Waals surface area contributed by atoms with E-state index >= 15 is 0 Å². The van der Waals surface area contributed by atoms with Crippen molar-refractivity contribution in [2.24, 2.45) is 16.3 Å². The molecule has 0 bridgehead atoms. The Labute approximate surface area is 122 Å². The fourth-order valence-corrected chi connectivity index (χ4v) is 4.12. The number of amidine groups is 1. The standard InChI is InChI=1S/C15H29N3S/c1-4-15(5-2)11-17-14(19-12-15)16-10-13-6-8-18(3)9-7-13/h13H,4-12H2,1-3H3,(H,16,17). The third-order valence-corrected chi connectivity index (χ3v) is 6.26. The fourth-order valence-electron chi connectivity index (χ4n) is 2.83. The molecule has 2 heterocycles. The Morgan fingerprint density at radius 2 is 2.00 bits per heavy atom. The van der Waals surface area contributed by atoms with E-state index in [1.165, 1.54) is 49.7 Å². The molecule has 19 heavy (non-hydrogen) atoms. The van der Waals surface area contributed by atoms with Crippen molar-refractivity contribution in [3.63, 3.8) is 0 Å². The second-order valence-corrected chi connectivity index (χ2v) is 7.21. The summed E-state index contributed by atoms with van der Waals surface area (Å²) in [5.74, 6) is 2.07. The van der Waals surface area contributed by atoms with Gasteiger partial charge in [0.05, 0.1) is 0 Å². The zero-order chi connectivity index (χ0) is 13.7. The fraction of sp³-hybridized carbons (Fsp3) is 0.933. The highest BCUT2D eigenvalue weighted by Crippen LogP contribution is 2.34. The summed E-state index contributed by atoms with van der Waals surface area (Å²) in [5.41, 5.74) is 0.462. The van der Waals surface area contributed by atoms with Gasteiger partial charge in [-0.1, -0.05) is 25.6 Å². The highest BCUT2D eigenvalue weighted by Gasteiger charge is 2.30. The Morgan fingerprint density at radius 1 is 1.32 bits per heavy atom. The van der Waals surface area contributed by atoms with E-state index in [1.807, 2.05) is 11.8 Å². The van der Waals surface area contributed by atoms with Crippen molar-refractivity contribution in [3.05, 3.63) is 0 Å². The largest absolute Gasteiger partial charge is 0.365 e. The molecule has 0 aromatic carbocycles. The molecule has 1 fully saturated rings. The molecule has 0 atom stereocenters. The van der Waals surface area contributed by atoms with Crippen molar-refractivity contribution >= 4 is 16.9 Å². The first-order chi connectivity index (χ1) is 9.17. The van der Waals surface area contributed by atoms with Crippen molar-refractivity contribution in [2.75, 3.05) is 39.0 Å². The van der Waals surface area contributed by atoms with Gasteiger partial charge in [0.1, 0.15) is 0 Å². The molecule has 1 saturated heterocycles. The van der Waals surface area contributed by atoms with Gasteiger partial charge in [0.2, 0.25) is 0 Å². The lowest BCUT2D eigenvalue weighted by molar-refractivity contribution is 0.220. The van der Waals surface area contributed by atoms with Crippen LogP contribution in [0.25, 0.3) is 0 Å². The van der Waals surface area contributed by atoms with Crippen molar-refractivity contribution in [1.82, 2.24) is 10.2 Å². The van der Waals surface area contributed by atoms with Crippen LogP contribution in [0.4, 0.5) is 0 Å². The van der Waals surface area contributed by atoms with E-state index < -0.39 is 0 Å². The summed E-state index contributed by atoms with van der Waals surface area (Å²) in [6.07, 6.45) is 5.16. The number of likely N-dealkylation sites (tertiary alicyclic amines) is 1. The topological polar surface area (TPSA) is 27.6 Å². The third-order valence-electron chi connectivity index (χ3n) is 4.95. The summed E-state index contributed by atoms with van der Waals surface area (Å²) in [5, 5.41) is 4.78. The molecule has 2 rings (SSSR count). The number of thioether (sulfide) groups is 1. The monoisotopic (exact) mass is 283 g/mol. The zero-order valence-corrected chi connectivity index (χ0v) is 13.6. The first-order valence-electron chi connectivity index (χ1n) is 7.77. The maximum Gasteiger partial charge on any atom is 0.156 e. The van der Waals surface area contributed by atoms with Crippen LogP contribution in [0.3, 0.4) is 0 Å². The maximum atomic E-state index is 4.78. The molecule has 110 valence electrons. The molecule has 4 heteroatoms. The molecule has 0 aromatic heterocycles. The molecule has 1 N–H and O–H groups in total. The van der Waals surface area contributed by atoms with Gasteiger partial charge in [0, 0.05) is 18.8 Å². The molecule has 0 radical (unpaired) electrons. The van der Waals surface area contributed by atoms with Crippen LogP contribution in [0, 0.1) is 11.3 Å². The van der Waals surface area contributed by atoms with E-state index in [1.54, 1.807) is 0 Å². The van der Waals surface area contributed by atoms with E-state index in [0.29, 0.717) is 5.41 Å². The molecule has 2 aliphatic heterocycles. The highest BCUT2D eigenvalue weighted by molar-refractivity contribution is 8.13. The van der Waals surface area contributed by atoms with Crippen LogP contribution in [-0.2, 0) is 0 Å². The minimum Gasteiger partial charge on any atom is -0.365 e. The van der Waals surface area contributed by atoms with Gasteiger partial charge < -0.3 is 10.2 Å². The molecule has 0 saturated carbocycles. The van der Waals surface area contributed by atoms with Gasteiger partial charge >= 0.3 is 0 Å². The van der Waals surface area contributed by atoms with Gasteiger partial charge in [0.25, 0.3) is 0 Å². The summed E-state index contributed by atoms with van der Waals surface area (Å²) >= 11 is 1.94. The quantitative estimate of drug-likeness (QED) is 0.860. The predicted octanol–water partition coefficient (Wildman–Crippen LogP) is 2.83. The Morgan fingerprint density at radius 3 is 2.53 bits per heavy atom. The Kier molecular flexibility index (Phi) is 5.58. The first-order valence-corrected chi connectivity index (χ1v) is 8.75. The summed E-state index contributed by atoms with van der Waals surface area (Å²) in [4.78, 5) is 7.21. The number of rotatable bonds is 4. The van der Waals surface area contributed by atoms with Crippen molar-refractivity contribution < 1.29 is 0 Å². The van der Waals surface area contributed by atoms with Crippen LogP contribution < -0.4 is 5.32 Å². The first kappa shape index (κ1) is 15.2. The number of hydrogen-bond acceptors (Lipinski definition) is 4. The molecule has 0 amide bonds. The Hall–Kier alpha value is -0.220. The van der Waals surface area contributed by atoms with Gasteiger partial charge in [-0.3, -0.25) is 4.99 Å². The molecule has 0 unspecified atom stereocenters. The van der Waals surface area contributed by atoms with Crippen LogP contribution >= 0.6 is 11.8 Å². The van der Waals surface area contributed by atoms with E-state index in [4.69, 9.17) is 4.99 Å². The number of aliphatic imine (C=N–C) groups is 1. The zero-order valence-electron chi connectivity index (χ0n) is 12.7. The summed E-state index contributed by atoms with van der Waals surface area (Å²) in [6, 6.07) is 0. The van der Waals surface area contributed by atoms with Crippen LogP contribution in [0.15, 0.2) is 4.99 Å². The van der Waals surface area contributed by atoms with Crippen molar-refractivity contribution in [2.45, 2.75) is 39.5 Å². The highest BCUT2D eigenvalue weighted by atomic mass is 32.2. The van der Waals surface area contributed by atoms with E-state index in [2.05, 4.69) is 31.1 Å². The lowest BCUT2D eigenvalue weighted by Crippen LogP contribution is -2.39. The molecule has 0 aliphatic carbocycles. The van der Waals surface area contributed by atoms with Gasteiger partial charge in [-0.05, 0) is 57.2 Å². The van der Waals surface area contributed by atoms with E-state index in [0.717, 1.165) is 19.0 Å². The van der Waals surface area contributed by atoms with E-state index in [9.17, 15) is 0 Å². The molecule has 0 aromatic rings. The van der Waals surface area contributed by atoms with Crippen molar-refractivity contribution in [1.29, 1.82) is 0 Å². The average molecular weight is 283 g/mol.